The number of carbonyl (C=O) groups is 1. The molecule has 2 fully saturated rings. The predicted molar refractivity (Wildman–Crippen MR) is 106 cm³/mol. The molecule has 3 rings (SSSR count). The third-order valence-electron chi connectivity index (χ3n) is 6.35. The summed E-state index contributed by atoms with van der Waals surface area (Å²) in [5.74, 6) is 0.801. The number of amides is 2. The standard InChI is InChI=1S/C22H31F3N2O2/c23-22(24,25)17-9-13-20(14-10-17)29-15-16-7-11-19(12-8-16)27(21(26)28)18-5-3-1-2-4-6-18/h9-10,13-14,16,18-19H,1-8,11-12,15H2,(H2,26,28). The smallest absolute Gasteiger partial charge is 0.416 e. The summed E-state index contributed by atoms with van der Waals surface area (Å²) in [7, 11) is 0. The summed E-state index contributed by atoms with van der Waals surface area (Å²) in [4.78, 5) is 14.1. The van der Waals surface area contributed by atoms with E-state index < -0.39 is 11.7 Å². The van der Waals surface area contributed by atoms with Crippen LogP contribution in [0.25, 0.3) is 0 Å². The van der Waals surface area contributed by atoms with Gasteiger partial charge in [-0.15, -0.1) is 0 Å². The number of halogens is 3. The molecular weight excluding hydrogens is 381 g/mol. The second-order valence-electron chi connectivity index (χ2n) is 8.40. The number of urea groups is 1. The van der Waals surface area contributed by atoms with Crippen molar-refractivity contribution < 1.29 is 22.7 Å². The highest BCUT2D eigenvalue weighted by atomic mass is 19.4. The van der Waals surface area contributed by atoms with E-state index in [-0.39, 0.29) is 18.1 Å². The van der Waals surface area contributed by atoms with E-state index in [9.17, 15) is 18.0 Å². The van der Waals surface area contributed by atoms with E-state index in [4.69, 9.17) is 10.5 Å². The van der Waals surface area contributed by atoms with Gasteiger partial charge in [-0.05, 0) is 68.7 Å². The molecule has 0 aromatic heterocycles. The van der Waals surface area contributed by atoms with Crippen molar-refractivity contribution in [1.29, 1.82) is 0 Å². The van der Waals surface area contributed by atoms with Crippen LogP contribution < -0.4 is 10.5 Å². The first-order valence-electron chi connectivity index (χ1n) is 10.7. The lowest BCUT2D eigenvalue weighted by atomic mass is 9.85. The molecular formula is C22H31F3N2O2. The molecule has 1 aromatic carbocycles. The first kappa shape index (κ1) is 21.8. The Balaban J connectivity index is 1.48. The lowest BCUT2D eigenvalue weighted by Gasteiger charge is -2.40. The quantitative estimate of drug-likeness (QED) is 0.627. The first-order valence-corrected chi connectivity index (χ1v) is 10.7. The molecule has 2 aliphatic rings. The van der Waals surface area contributed by atoms with Gasteiger partial charge in [0.2, 0.25) is 0 Å². The van der Waals surface area contributed by atoms with Gasteiger partial charge < -0.3 is 15.4 Å². The van der Waals surface area contributed by atoms with E-state index in [0.717, 1.165) is 63.5 Å². The Hall–Kier alpha value is -1.92. The van der Waals surface area contributed by atoms with Crippen molar-refractivity contribution >= 4 is 6.03 Å². The summed E-state index contributed by atoms with van der Waals surface area (Å²) >= 11 is 0. The van der Waals surface area contributed by atoms with Crippen molar-refractivity contribution in [2.24, 2.45) is 11.7 Å². The van der Waals surface area contributed by atoms with Crippen molar-refractivity contribution in [2.75, 3.05) is 6.61 Å². The minimum atomic E-state index is -4.33. The summed E-state index contributed by atoms with van der Waals surface area (Å²) in [6.07, 6.45) is 6.20. The number of hydrogen-bond acceptors (Lipinski definition) is 2. The highest BCUT2D eigenvalue weighted by Gasteiger charge is 2.33. The Bertz CT molecular complexity index is 647. The minimum Gasteiger partial charge on any atom is -0.493 e. The summed E-state index contributed by atoms with van der Waals surface area (Å²) < 4.78 is 43.6. The molecule has 1 aromatic rings. The van der Waals surface area contributed by atoms with Gasteiger partial charge in [-0.25, -0.2) is 4.79 Å². The Morgan fingerprint density at radius 1 is 0.931 bits per heavy atom. The van der Waals surface area contributed by atoms with E-state index in [1.54, 1.807) is 0 Å². The van der Waals surface area contributed by atoms with Gasteiger partial charge in [-0.3, -0.25) is 0 Å². The van der Waals surface area contributed by atoms with E-state index in [1.807, 2.05) is 4.90 Å². The zero-order chi connectivity index (χ0) is 20.9. The zero-order valence-electron chi connectivity index (χ0n) is 16.8. The summed E-state index contributed by atoms with van der Waals surface area (Å²) in [6, 6.07) is 4.98. The van der Waals surface area contributed by atoms with Crippen molar-refractivity contribution in [3.63, 3.8) is 0 Å². The molecule has 0 heterocycles. The van der Waals surface area contributed by atoms with Crippen LogP contribution in [-0.2, 0) is 6.18 Å². The molecule has 2 saturated carbocycles. The van der Waals surface area contributed by atoms with Crippen LogP contribution in [0.3, 0.4) is 0 Å². The van der Waals surface area contributed by atoms with Gasteiger partial charge in [-0.1, -0.05) is 25.7 Å². The lowest BCUT2D eigenvalue weighted by molar-refractivity contribution is -0.137. The number of primary amides is 1. The molecule has 0 atom stereocenters. The SMILES string of the molecule is NC(=O)N(C1CCCCCC1)C1CCC(COc2ccc(C(F)(F)F)cc2)CC1. The average Bonchev–Trinajstić information content (AvgIpc) is 2.96. The van der Waals surface area contributed by atoms with Crippen molar-refractivity contribution in [1.82, 2.24) is 4.90 Å². The molecule has 29 heavy (non-hydrogen) atoms. The van der Waals surface area contributed by atoms with Crippen LogP contribution in [0.1, 0.15) is 69.8 Å². The number of hydrogen-bond donors (Lipinski definition) is 1. The Morgan fingerprint density at radius 3 is 2.00 bits per heavy atom. The maximum absolute atomic E-state index is 12.6. The maximum Gasteiger partial charge on any atom is 0.416 e. The zero-order valence-corrected chi connectivity index (χ0v) is 16.8. The number of rotatable bonds is 5. The fraction of sp³-hybridized carbons (Fsp3) is 0.682. The minimum absolute atomic E-state index is 0.193. The number of alkyl halides is 3. The third kappa shape index (κ3) is 6.03. The second kappa shape index (κ2) is 9.72. The summed E-state index contributed by atoms with van der Waals surface area (Å²) in [5.41, 5.74) is 5.07. The molecule has 4 nitrogen and oxygen atoms in total. The number of nitrogens with two attached hydrogens (primary N) is 1. The number of benzene rings is 1. The van der Waals surface area contributed by atoms with Gasteiger partial charge in [0, 0.05) is 12.1 Å². The third-order valence-corrected chi connectivity index (χ3v) is 6.35. The molecule has 0 aliphatic heterocycles. The lowest BCUT2D eigenvalue weighted by Crippen LogP contribution is -2.51. The highest BCUT2D eigenvalue weighted by Crippen LogP contribution is 2.33. The average molecular weight is 412 g/mol. The van der Waals surface area contributed by atoms with Crippen LogP contribution in [0.4, 0.5) is 18.0 Å². The fourth-order valence-corrected chi connectivity index (χ4v) is 4.74. The molecule has 0 spiro atoms. The van der Waals surface area contributed by atoms with Crippen LogP contribution in [0.15, 0.2) is 24.3 Å². The van der Waals surface area contributed by atoms with Gasteiger partial charge in [-0.2, -0.15) is 13.2 Å². The Morgan fingerprint density at radius 2 is 1.48 bits per heavy atom. The van der Waals surface area contributed by atoms with Crippen LogP contribution in [-0.4, -0.2) is 29.6 Å². The van der Waals surface area contributed by atoms with Crippen molar-refractivity contribution in [2.45, 2.75) is 82.5 Å². The monoisotopic (exact) mass is 412 g/mol. The summed E-state index contributed by atoms with van der Waals surface area (Å²) in [6.45, 7) is 0.484. The van der Waals surface area contributed by atoms with E-state index in [0.29, 0.717) is 18.3 Å². The first-order chi connectivity index (χ1) is 13.8. The number of nitrogens with zero attached hydrogens (tertiary/aromatic N) is 1. The molecule has 0 unspecified atom stereocenters. The van der Waals surface area contributed by atoms with Crippen LogP contribution in [0, 0.1) is 5.92 Å². The van der Waals surface area contributed by atoms with Crippen molar-refractivity contribution in [3.8, 4) is 5.75 Å². The van der Waals surface area contributed by atoms with Gasteiger partial charge in [0.25, 0.3) is 0 Å². The fourth-order valence-electron chi connectivity index (χ4n) is 4.74. The van der Waals surface area contributed by atoms with Gasteiger partial charge >= 0.3 is 12.2 Å². The molecule has 2 aliphatic carbocycles. The van der Waals surface area contributed by atoms with Crippen LogP contribution >= 0.6 is 0 Å². The van der Waals surface area contributed by atoms with E-state index >= 15 is 0 Å². The highest BCUT2D eigenvalue weighted by molar-refractivity contribution is 5.72. The molecule has 0 bridgehead atoms. The largest absolute Gasteiger partial charge is 0.493 e. The molecule has 162 valence electrons. The molecule has 0 radical (unpaired) electrons. The molecule has 7 heteroatoms. The van der Waals surface area contributed by atoms with Gasteiger partial charge in [0.15, 0.2) is 0 Å². The Labute approximate surface area is 170 Å². The second-order valence-corrected chi connectivity index (χ2v) is 8.40. The van der Waals surface area contributed by atoms with E-state index in [1.165, 1.54) is 25.0 Å². The topological polar surface area (TPSA) is 55.6 Å². The van der Waals surface area contributed by atoms with Gasteiger partial charge in [0.1, 0.15) is 5.75 Å². The van der Waals surface area contributed by atoms with E-state index in [2.05, 4.69) is 0 Å². The normalized spacial score (nSPS) is 24.0. The van der Waals surface area contributed by atoms with Crippen molar-refractivity contribution in [3.05, 3.63) is 29.8 Å². The molecule has 0 saturated heterocycles. The molecule has 2 amide bonds. The Kier molecular flexibility index (Phi) is 7.30. The maximum atomic E-state index is 12.6. The van der Waals surface area contributed by atoms with Gasteiger partial charge in [0.05, 0.1) is 12.2 Å². The number of carbonyl (C=O) groups excluding carboxylic acids is 1. The van der Waals surface area contributed by atoms with Crippen LogP contribution in [0.5, 0.6) is 5.75 Å². The molecule has 2 N–H and O–H groups in total. The predicted octanol–water partition coefficient (Wildman–Crippen LogP) is 5.75. The number of ether oxygens (including phenoxy) is 1. The van der Waals surface area contributed by atoms with Crippen LogP contribution in [0.2, 0.25) is 0 Å². The summed E-state index contributed by atoms with van der Waals surface area (Å²) in [5, 5.41) is 0.